The molecule has 0 amide bonds. The van der Waals surface area contributed by atoms with Gasteiger partial charge in [0.05, 0.1) is 13.5 Å². The Hall–Kier alpha value is -0.610. The highest BCUT2D eigenvalue weighted by Gasteiger charge is 2.29. The zero-order chi connectivity index (χ0) is 13.1. The van der Waals surface area contributed by atoms with Gasteiger partial charge in [0.25, 0.3) is 0 Å². The van der Waals surface area contributed by atoms with Gasteiger partial charge in [-0.2, -0.15) is 0 Å². The molecule has 0 saturated carbocycles. The van der Waals surface area contributed by atoms with Gasteiger partial charge in [-0.05, 0) is 33.2 Å². The van der Waals surface area contributed by atoms with Crippen LogP contribution in [0.15, 0.2) is 0 Å². The summed E-state index contributed by atoms with van der Waals surface area (Å²) in [6.45, 7) is 11.9. The van der Waals surface area contributed by atoms with Gasteiger partial charge in [-0.15, -0.1) is 0 Å². The molecule has 1 N–H and O–H groups in total. The molecule has 1 aliphatic heterocycles. The fourth-order valence-electron chi connectivity index (χ4n) is 2.18. The average Bonchev–Trinajstić information content (AvgIpc) is 2.40. The minimum atomic E-state index is -0.133. The number of carbonyl (C=O) groups excluding carboxylic acids is 1. The Bertz CT molecular complexity index is 261. The quantitative estimate of drug-likeness (QED) is 0.740. The molecule has 2 atom stereocenters. The van der Waals surface area contributed by atoms with Crippen LogP contribution in [-0.4, -0.2) is 49.2 Å². The van der Waals surface area contributed by atoms with Crippen molar-refractivity contribution in [1.29, 1.82) is 0 Å². The highest BCUT2D eigenvalue weighted by molar-refractivity contribution is 5.69. The molecule has 1 aliphatic rings. The first kappa shape index (κ1) is 14.5. The molecule has 0 aromatic carbocycles. The summed E-state index contributed by atoms with van der Waals surface area (Å²) in [5.41, 5.74) is 0.147. The molecule has 100 valence electrons. The first-order valence-electron chi connectivity index (χ1n) is 6.38. The van der Waals surface area contributed by atoms with E-state index in [4.69, 9.17) is 4.74 Å². The SMILES string of the molecule is COC(=O)CC1CN(C(C)(C)C)CC(C)CN1. The van der Waals surface area contributed by atoms with Crippen LogP contribution in [0.1, 0.15) is 34.1 Å². The largest absolute Gasteiger partial charge is 0.469 e. The molecular weight excluding hydrogens is 216 g/mol. The molecular formula is C13H26N2O2. The highest BCUT2D eigenvalue weighted by Crippen LogP contribution is 2.19. The number of hydrogen-bond acceptors (Lipinski definition) is 4. The minimum absolute atomic E-state index is 0.133. The summed E-state index contributed by atoms with van der Waals surface area (Å²) in [6, 6.07) is 0.201. The van der Waals surface area contributed by atoms with Crippen molar-refractivity contribution in [3.63, 3.8) is 0 Å². The van der Waals surface area contributed by atoms with E-state index in [1.807, 2.05) is 0 Å². The fraction of sp³-hybridized carbons (Fsp3) is 0.923. The highest BCUT2D eigenvalue weighted by atomic mass is 16.5. The predicted molar refractivity (Wildman–Crippen MR) is 68.9 cm³/mol. The third-order valence-electron chi connectivity index (χ3n) is 3.32. The third kappa shape index (κ3) is 4.64. The first-order valence-corrected chi connectivity index (χ1v) is 6.38. The molecule has 0 radical (unpaired) electrons. The Labute approximate surface area is 105 Å². The van der Waals surface area contributed by atoms with Crippen LogP contribution in [0.4, 0.5) is 0 Å². The van der Waals surface area contributed by atoms with Gasteiger partial charge >= 0.3 is 5.97 Å². The van der Waals surface area contributed by atoms with E-state index in [0.29, 0.717) is 12.3 Å². The van der Waals surface area contributed by atoms with Crippen LogP contribution in [0.3, 0.4) is 0 Å². The van der Waals surface area contributed by atoms with Gasteiger partial charge in [-0.3, -0.25) is 9.69 Å². The monoisotopic (exact) mass is 242 g/mol. The molecule has 4 heteroatoms. The number of methoxy groups -OCH3 is 1. The molecule has 2 unspecified atom stereocenters. The molecule has 0 aromatic rings. The predicted octanol–water partition coefficient (Wildman–Crippen LogP) is 1.26. The van der Waals surface area contributed by atoms with Crippen molar-refractivity contribution in [3.8, 4) is 0 Å². The van der Waals surface area contributed by atoms with Crippen molar-refractivity contribution in [2.75, 3.05) is 26.7 Å². The molecule has 0 bridgehead atoms. The Kier molecular flexibility index (Phi) is 4.95. The molecule has 0 aromatic heterocycles. The van der Waals surface area contributed by atoms with Crippen molar-refractivity contribution in [2.45, 2.75) is 45.7 Å². The molecule has 0 aliphatic carbocycles. The van der Waals surface area contributed by atoms with Crippen LogP contribution in [0.2, 0.25) is 0 Å². The maximum Gasteiger partial charge on any atom is 0.307 e. The van der Waals surface area contributed by atoms with Crippen LogP contribution in [0.5, 0.6) is 0 Å². The van der Waals surface area contributed by atoms with Crippen LogP contribution in [0, 0.1) is 5.92 Å². The van der Waals surface area contributed by atoms with Crippen LogP contribution >= 0.6 is 0 Å². The maximum absolute atomic E-state index is 11.3. The second-order valence-corrected chi connectivity index (χ2v) is 6.07. The molecule has 1 rings (SSSR count). The van der Waals surface area contributed by atoms with Gasteiger partial charge in [0.2, 0.25) is 0 Å². The van der Waals surface area contributed by atoms with Gasteiger partial charge in [-0.1, -0.05) is 6.92 Å². The summed E-state index contributed by atoms with van der Waals surface area (Å²) >= 11 is 0. The Morgan fingerprint density at radius 1 is 1.41 bits per heavy atom. The zero-order valence-electron chi connectivity index (χ0n) is 11.7. The average molecular weight is 242 g/mol. The van der Waals surface area contributed by atoms with E-state index in [9.17, 15) is 4.79 Å². The van der Waals surface area contributed by atoms with Gasteiger partial charge in [0.15, 0.2) is 0 Å². The lowest BCUT2D eigenvalue weighted by Crippen LogP contribution is -2.47. The smallest absolute Gasteiger partial charge is 0.307 e. The molecule has 1 fully saturated rings. The number of rotatable bonds is 2. The summed E-state index contributed by atoms with van der Waals surface area (Å²) in [5, 5.41) is 3.46. The van der Waals surface area contributed by atoms with Crippen molar-refractivity contribution in [1.82, 2.24) is 10.2 Å². The van der Waals surface area contributed by atoms with Crippen LogP contribution < -0.4 is 5.32 Å². The maximum atomic E-state index is 11.3. The van der Waals surface area contributed by atoms with Crippen molar-refractivity contribution < 1.29 is 9.53 Å². The van der Waals surface area contributed by atoms with E-state index < -0.39 is 0 Å². The van der Waals surface area contributed by atoms with Crippen molar-refractivity contribution >= 4 is 5.97 Å². The number of esters is 1. The third-order valence-corrected chi connectivity index (χ3v) is 3.32. The van der Waals surface area contributed by atoms with E-state index in [-0.39, 0.29) is 17.6 Å². The zero-order valence-corrected chi connectivity index (χ0v) is 11.7. The van der Waals surface area contributed by atoms with Crippen molar-refractivity contribution in [2.24, 2.45) is 5.92 Å². The topological polar surface area (TPSA) is 41.6 Å². The molecule has 17 heavy (non-hydrogen) atoms. The first-order chi connectivity index (χ1) is 7.82. The van der Waals surface area contributed by atoms with E-state index in [0.717, 1.165) is 19.6 Å². The van der Waals surface area contributed by atoms with Gasteiger partial charge in [-0.25, -0.2) is 0 Å². The molecule has 1 saturated heterocycles. The van der Waals surface area contributed by atoms with Crippen LogP contribution in [0.25, 0.3) is 0 Å². The van der Waals surface area contributed by atoms with Gasteiger partial charge in [0, 0.05) is 24.7 Å². The van der Waals surface area contributed by atoms with Crippen LogP contribution in [-0.2, 0) is 9.53 Å². The van der Waals surface area contributed by atoms with E-state index in [1.54, 1.807) is 0 Å². The number of hydrogen-bond donors (Lipinski definition) is 1. The summed E-state index contributed by atoms with van der Waals surface area (Å²) in [6.07, 6.45) is 0.454. The second kappa shape index (κ2) is 5.83. The summed E-state index contributed by atoms with van der Waals surface area (Å²) in [4.78, 5) is 13.8. The van der Waals surface area contributed by atoms with E-state index in [2.05, 4.69) is 37.9 Å². The lowest BCUT2D eigenvalue weighted by Gasteiger charge is -2.37. The molecule has 0 spiro atoms. The van der Waals surface area contributed by atoms with Gasteiger partial charge in [0.1, 0.15) is 0 Å². The van der Waals surface area contributed by atoms with Gasteiger partial charge < -0.3 is 10.1 Å². The Morgan fingerprint density at radius 2 is 2.06 bits per heavy atom. The molecule has 1 heterocycles. The van der Waals surface area contributed by atoms with E-state index >= 15 is 0 Å². The normalized spacial score (nSPS) is 27.6. The Balaban J connectivity index is 2.65. The second-order valence-electron chi connectivity index (χ2n) is 6.07. The van der Waals surface area contributed by atoms with Crippen molar-refractivity contribution in [3.05, 3.63) is 0 Å². The molecule has 4 nitrogen and oxygen atoms in total. The number of carbonyl (C=O) groups is 1. The minimum Gasteiger partial charge on any atom is -0.469 e. The number of nitrogens with zero attached hydrogens (tertiary/aromatic N) is 1. The Morgan fingerprint density at radius 3 is 2.59 bits per heavy atom. The number of ether oxygens (including phenoxy) is 1. The standard InChI is InChI=1S/C13H26N2O2/c1-10-7-14-11(6-12(16)17-5)9-15(8-10)13(2,3)4/h10-11,14H,6-9H2,1-5H3. The fourth-order valence-corrected chi connectivity index (χ4v) is 2.18. The number of nitrogens with one attached hydrogen (secondary N) is 1. The summed E-state index contributed by atoms with van der Waals surface area (Å²) in [5.74, 6) is 0.475. The summed E-state index contributed by atoms with van der Waals surface area (Å²) < 4.78 is 4.74. The lowest BCUT2D eigenvalue weighted by atomic mass is 10.0. The van der Waals surface area contributed by atoms with E-state index in [1.165, 1.54) is 7.11 Å². The lowest BCUT2D eigenvalue weighted by molar-refractivity contribution is -0.141. The summed E-state index contributed by atoms with van der Waals surface area (Å²) in [7, 11) is 1.45.